The molecule has 12 heteroatoms. The van der Waals surface area contributed by atoms with Crippen LogP contribution in [0, 0.1) is 0 Å². The van der Waals surface area contributed by atoms with E-state index in [1.165, 1.54) is 45.8 Å². The summed E-state index contributed by atoms with van der Waals surface area (Å²) >= 11 is 2.51. The molecule has 154 valence electrons. The molecule has 0 bridgehead atoms. The van der Waals surface area contributed by atoms with E-state index in [-0.39, 0.29) is 18.2 Å². The zero-order valence-corrected chi connectivity index (χ0v) is 18.2. The van der Waals surface area contributed by atoms with Crippen LogP contribution in [-0.4, -0.2) is 59.3 Å². The van der Waals surface area contributed by atoms with Gasteiger partial charge in [0, 0.05) is 31.9 Å². The zero-order valence-electron chi connectivity index (χ0n) is 15.8. The van der Waals surface area contributed by atoms with Gasteiger partial charge in [-0.05, 0) is 12.1 Å². The summed E-state index contributed by atoms with van der Waals surface area (Å²) in [5.41, 5.74) is 2.27. The number of nitrogens with one attached hydrogen (secondary N) is 1. The first kappa shape index (κ1) is 20.3. The second-order valence-corrected chi connectivity index (χ2v) is 10.7. The van der Waals surface area contributed by atoms with Crippen molar-refractivity contribution in [1.82, 2.24) is 18.6 Å². The molecule has 1 amide bonds. The highest BCUT2D eigenvalue weighted by molar-refractivity contribution is 7.99. The van der Waals surface area contributed by atoms with Gasteiger partial charge in [0.15, 0.2) is 10.7 Å². The standard InChI is InChI=1S/C17H19N5O4S3/c1-21(2)29(24,25)22-8-7-12-14(9-22)28-16(18-12)20-15(23)10-27-17-19-11-5-3-4-6-13(11)26-17/h3-6H,7-10H2,1-2H3,(H,18,20,23). The highest BCUT2D eigenvalue weighted by Crippen LogP contribution is 2.30. The molecule has 0 unspecified atom stereocenters. The summed E-state index contributed by atoms with van der Waals surface area (Å²) < 4.78 is 32.8. The van der Waals surface area contributed by atoms with Crippen LogP contribution in [0.3, 0.4) is 0 Å². The molecule has 3 heterocycles. The van der Waals surface area contributed by atoms with Crippen LogP contribution in [0.15, 0.2) is 33.9 Å². The average molecular weight is 454 g/mol. The van der Waals surface area contributed by atoms with Crippen LogP contribution >= 0.6 is 23.1 Å². The van der Waals surface area contributed by atoms with Crippen molar-refractivity contribution in [1.29, 1.82) is 0 Å². The summed E-state index contributed by atoms with van der Waals surface area (Å²) in [5, 5.41) is 3.69. The SMILES string of the molecule is CN(C)S(=O)(=O)N1CCc2nc(NC(=O)CSc3nc4ccccc4o3)sc2C1. The first-order chi connectivity index (χ1) is 13.8. The van der Waals surface area contributed by atoms with Gasteiger partial charge < -0.3 is 9.73 Å². The van der Waals surface area contributed by atoms with Crippen molar-refractivity contribution in [3.63, 3.8) is 0 Å². The number of anilines is 1. The number of rotatable bonds is 6. The molecule has 0 saturated heterocycles. The van der Waals surface area contributed by atoms with Gasteiger partial charge in [0.05, 0.1) is 18.0 Å². The second kappa shape index (κ2) is 8.03. The van der Waals surface area contributed by atoms with Crippen LogP contribution in [-0.2, 0) is 28.0 Å². The van der Waals surface area contributed by atoms with Gasteiger partial charge in [0.2, 0.25) is 5.91 Å². The molecule has 1 aliphatic rings. The molecule has 1 aliphatic heterocycles. The minimum atomic E-state index is -3.47. The lowest BCUT2D eigenvalue weighted by atomic mass is 10.2. The second-order valence-electron chi connectivity index (χ2n) is 6.55. The molecule has 9 nitrogen and oxygen atoms in total. The Kier molecular flexibility index (Phi) is 5.62. The summed E-state index contributed by atoms with van der Waals surface area (Å²) in [5.74, 6) is -0.0841. The number of oxazole rings is 1. The number of benzene rings is 1. The van der Waals surface area contributed by atoms with Crippen molar-refractivity contribution in [3.05, 3.63) is 34.8 Å². The zero-order chi connectivity index (χ0) is 20.6. The Hall–Kier alpha value is -1.99. The number of nitrogens with zero attached hydrogens (tertiary/aromatic N) is 4. The Balaban J connectivity index is 1.37. The fraction of sp³-hybridized carbons (Fsp3) is 0.353. The van der Waals surface area contributed by atoms with E-state index in [0.29, 0.717) is 28.9 Å². The third-order valence-electron chi connectivity index (χ3n) is 4.33. The topological polar surface area (TPSA) is 109 Å². The number of carbonyl (C=O) groups excluding carboxylic acids is 1. The predicted molar refractivity (Wildman–Crippen MR) is 112 cm³/mol. The van der Waals surface area contributed by atoms with Crippen LogP contribution in [0.1, 0.15) is 10.6 Å². The van der Waals surface area contributed by atoms with Crippen molar-refractivity contribution in [2.45, 2.75) is 18.2 Å². The van der Waals surface area contributed by atoms with Crippen LogP contribution in [0.25, 0.3) is 11.1 Å². The summed E-state index contributed by atoms with van der Waals surface area (Å²) in [6, 6.07) is 7.42. The number of thioether (sulfide) groups is 1. The smallest absolute Gasteiger partial charge is 0.281 e. The Morgan fingerprint density at radius 1 is 1.34 bits per heavy atom. The quantitative estimate of drug-likeness (QED) is 0.570. The van der Waals surface area contributed by atoms with E-state index < -0.39 is 10.2 Å². The molecule has 0 saturated carbocycles. The van der Waals surface area contributed by atoms with Gasteiger partial charge in [0.25, 0.3) is 15.4 Å². The molecule has 0 radical (unpaired) electrons. The lowest BCUT2D eigenvalue weighted by Gasteiger charge is -2.27. The largest absolute Gasteiger partial charge is 0.431 e. The molecular formula is C17H19N5O4S3. The Morgan fingerprint density at radius 3 is 2.90 bits per heavy atom. The lowest BCUT2D eigenvalue weighted by Crippen LogP contribution is -2.42. The summed E-state index contributed by atoms with van der Waals surface area (Å²) in [7, 11) is -0.446. The van der Waals surface area contributed by atoms with Crippen LogP contribution in [0.2, 0.25) is 0 Å². The number of aromatic nitrogens is 2. The van der Waals surface area contributed by atoms with Crippen molar-refractivity contribution in [2.24, 2.45) is 0 Å². The first-order valence-corrected chi connectivity index (χ1v) is 12.0. The van der Waals surface area contributed by atoms with Gasteiger partial charge in [-0.1, -0.05) is 23.9 Å². The molecule has 0 spiro atoms. The average Bonchev–Trinajstić information content (AvgIpc) is 3.28. The van der Waals surface area contributed by atoms with E-state index in [0.717, 1.165) is 16.1 Å². The lowest BCUT2D eigenvalue weighted by molar-refractivity contribution is -0.113. The minimum Gasteiger partial charge on any atom is -0.431 e. The fourth-order valence-electron chi connectivity index (χ4n) is 2.85. The number of thiazole rings is 1. The predicted octanol–water partition coefficient (Wildman–Crippen LogP) is 2.18. The summed E-state index contributed by atoms with van der Waals surface area (Å²) in [4.78, 5) is 21.9. The van der Waals surface area contributed by atoms with Gasteiger partial charge in [0.1, 0.15) is 5.52 Å². The van der Waals surface area contributed by atoms with Gasteiger partial charge >= 0.3 is 0 Å². The highest BCUT2D eigenvalue weighted by Gasteiger charge is 2.30. The molecule has 0 atom stereocenters. The van der Waals surface area contributed by atoms with Gasteiger partial charge in [-0.3, -0.25) is 4.79 Å². The molecular weight excluding hydrogens is 434 g/mol. The molecule has 1 N–H and O–H groups in total. The third kappa shape index (κ3) is 4.31. The van der Waals surface area contributed by atoms with Crippen LogP contribution < -0.4 is 5.32 Å². The normalized spacial score (nSPS) is 15.0. The van der Waals surface area contributed by atoms with E-state index in [4.69, 9.17) is 4.42 Å². The maximum absolute atomic E-state index is 12.3. The van der Waals surface area contributed by atoms with Crippen LogP contribution in [0.4, 0.5) is 5.13 Å². The summed E-state index contributed by atoms with van der Waals surface area (Å²) in [6.07, 6.45) is 0.520. The van der Waals surface area contributed by atoms with E-state index in [1.54, 1.807) is 0 Å². The monoisotopic (exact) mass is 453 g/mol. The number of fused-ring (bicyclic) bond motifs is 2. The van der Waals surface area contributed by atoms with E-state index in [1.807, 2.05) is 24.3 Å². The minimum absolute atomic E-state index is 0.137. The van der Waals surface area contributed by atoms with E-state index in [2.05, 4.69) is 15.3 Å². The number of carbonyl (C=O) groups is 1. The molecule has 3 aromatic rings. The highest BCUT2D eigenvalue weighted by atomic mass is 32.2. The van der Waals surface area contributed by atoms with Crippen LogP contribution in [0.5, 0.6) is 0 Å². The number of hydrogen-bond acceptors (Lipinski definition) is 8. The Bertz CT molecular complexity index is 1120. The number of amides is 1. The summed E-state index contributed by atoms with van der Waals surface area (Å²) in [6.45, 7) is 0.638. The van der Waals surface area contributed by atoms with Gasteiger partial charge in [-0.15, -0.1) is 11.3 Å². The Labute approximate surface area is 176 Å². The molecule has 29 heavy (non-hydrogen) atoms. The Morgan fingerprint density at radius 2 is 2.14 bits per heavy atom. The molecule has 0 aliphatic carbocycles. The van der Waals surface area contributed by atoms with E-state index >= 15 is 0 Å². The fourth-order valence-corrected chi connectivity index (χ4v) is 5.69. The van der Waals surface area contributed by atoms with Crippen molar-refractivity contribution in [3.8, 4) is 0 Å². The number of para-hydroxylation sites is 2. The van der Waals surface area contributed by atoms with Crippen molar-refractivity contribution >= 4 is 55.4 Å². The number of hydrogen-bond donors (Lipinski definition) is 1. The molecule has 2 aromatic heterocycles. The first-order valence-electron chi connectivity index (χ1n) is 8.77. The van der Waals surface area contributed by atoms with E-state index in [9.17, 15) is 13.2 Å². The molecule has 4 rings (SSSR count). The molecule has 0 fully saturated rings. The molecule has 1 aromatic carbocycles. The maximum atomic E-state index is 12.3. The maximum Gasteiger partial charge on any atom is 0.281 e. The van der Waals surface area contributed by atoms with Gasteiger partial charge in [-0.2, -0.15) is 17.0 Å². The van der Waals surface area contributed by atoms with Crippen molar-refractivity contribution < 1.29 is 17.6 Å². The third-order valence-corrected chi connectivity index (χ3v) is 8.04. The van der Waals surface area contributed by atoms with Crippen molar-refractivity contribution in [2.75, 3.05) is 31.7 Å². The van der Waals surface area contributed by atoms with Gasteiger partial charge in [-0.25, -0.2) is 9.97 Å².